The molecule has 0 aromatic heterocycles. The lowest BCUT2D eigenvalue weighted by Gasteiger charge is -2.57. The van der Waals surface area contributed by atoms with Gasteiger partial charge in [-0.1, -0.05) is 25.0 Å². The molecule has 0 amide bonds. The van der Waals surface area contributed by atoms with Crippen molar-refractivity contribution < 1.29 is 9.47 Å². The van der Waals surface area contributed by atoms with Gasteiger partial charge in [-0.2, -0.15) is 0 Å². The van der Waals surface area contributed by atoms with Gasteiger partial charge in [-0.25, -0.2) is 0 Å². The van der Waals surface area contributed by atoms with Crippen LogP contribution in [0.25, 0.3) is 0 Å². The normalized spacial score (nSPS) is 28.9. The molecule has 1 saturated heterocycles. The van der Waals surface area contributed by atoms with Gasteiger partial charge in [0.05, 0.1) is 12.7 Å². The van der Waals surface area contributed by atoms with Crippen molar-refractivity contribution in [1.82, 2.24) is 10.6 Å². The van der Waals surface area contributed by atoms with E-state index in [4.69, 9.17) is 14.5 Å². The Kier molecular flexibility index (Phi) is 6.59. The average Bonchev–Trinajstić information content (AvgIpc) is 3.45. The lowest BCUT2D eigenvalue weighted by molar-refractivity contribution is -0.125. The lowest BCUT2D eigenvalue weighted by atomic mass is 9.54. The van der Waals surface area contributed by atoms with Crippen molar-refractivity contribution in [3.63, 3.8) is 0 Å². The van der Waals surface area contributed by atoms with Crippen LogP contribution < -0.4 is 15.4 Å². The van der Waals surface area contributed by atoms with Gasteiger partial charge in [0.25, 0.3) is 0 Å². The van der Waals surface area contributed by atoms with Crippen LogP contribution in [-0.2, 0) is 17.6 Å². The van der Waals surface area contributed by atoms with Crippen LogP contribution in [-0.4, -0.2) is 44.4 Å². The second-order valence-corrected chi connectivity index (χ2v) is 8.86. The van der Waals surface area contributed by atoms with Gasteiger partial charge in [-0.15, -0.1) is 24.0 Å². The van der Waals surface area contributed by atoms with E-state index in [0.29, 0.717) is 23.5 Å². The number of halogens is 1. The Morgan fingerprint density at radius 3 is 2.93 bits per heavy atom. The molecule has 6 heteroatoms. The summed E-state index contributed by atoms with van der Waals surface area (Å²) in [5, 5.41) is 7.30. The Morgan fingerprint density at radius 1 is 1.24 bits per heavy atom. The predicted molar refractivity (Wildman–Crippen MR) is 126 cm³/mol. The van der Waals surface area contributed by atoms with Gasteiger partial charge in [0, 0.05) is 43.5 Å². The Morgan fingerprint density at radius 2 is 2.10 bits per heavy atom. The standard InChI is InChI=1S/C23H33N3O2.HI/c1-2-24-22(25-12-7-16-5-6-19-17(15-16)8-13-27-19)26-20-18-9-14-28-21(18)23(20)10-3-4-11-23;/h5-6,15,18,20-21H,2-4,7-14H2,1H3,(H2,24,25,26);1H. The molecule has 2 aliphatic heterocycles. The summed E-state index contributed by atoms with van der Waals surface area (Å²) >= 11 is 0. The third kappa shape index (κ3) is 3.87. The summed E-state index contributed by atoms with van der Waals surface area (Å²) in [6.45, 7) is 5.60. The van der Waals surface area contributed by atoms with Crippen molar-refractivity contribution in [2.24, 2.45) is 16.3 Å². The smallest absolute Gasteiger partial charge is 0.191 e. The number of nitrogens with one attached hydrogen (secondary N) is 2. The number of rotatable bonds is 5. The molecule has 5 rings (SSSR count). The molecule has 2 aliphatic carbocycles. The number of nitrogens with zero attached hydrogens (tertiary/aromatic N) is 1. The fourth-order valence-corrected chi connectivity index (χ4v) is 6.06. The molecule has 2 heterocycles. The zero-order valence-corrected chi connectivity index (χ0v) is 19.7. The molecule has 0 bridgehead atoms. The topological polar surface area (TPSA) is 54.9 Å². The zero-order valence-electron chi connectivity index (χ0n) is 17.4. The Balaban J connectivity index is 0.00000205. The van der Waals surface area contributed by atoms with Crippen LogP contribution in [0.1, 0.15) is 50.2 Å². The van der Waals surface area contributed by atoms with Crippen molar-refractivity contribution in [3.05, 3.63) is 29.3 Å². The zero-order chi connectivity index (χ0) is 19.0. The number of benzene rings is 1. The van der Waals surface area contributed by atoms with Gasteiger partial charge >= 0.3 is 0 Å². The Bertz CT molecular complexity index is 748. The highest BCUT2D eigenvalue weighted by molar-refractivity contribution is 14.0. The first kappa shape index (κ1) is 21.2. The van der Waals surface area contributed by atoms with E-state index in [9.17, 15) is 0 Å². The second kappa shape index (κ2) is 9.00. The molecule has 0 radical (unpaired) electrons. The number of hydrogen-bond acceptors (Lipinski definition) is 3. The Labute approximate surface area is 191 Å². The summed E-state index contributed by atoms with van der Waals surface area (Å²) in [5.41, 5.74) is 3.05. The molecule has 160 valence electrons. The van der Waals surface area contributed by atoms with E-state index in [2.05, 4.69) is 35.8 Å². The molecule has 1 aromatic rings. The molecule has 1 spiro atoms. The van der Waals surface area contributed by atoms with E-state index >= 15 is 0 Å². The fraction of sp³-hybridized carbons (Fsp3) is 0.696. The first-order valence-corrected chi connectivity index (χ1v) is 11.2. The van der Waals surface area contributed by atoms with E-state index in [-0.39, 0.29) is 24.0 Å². The molecule has 3 unspecified atom stereocenters. The van der Waals surface area contributed by atoms with E-state index in [1.54, 1.807) is 0 Å². The van der Waals surface area contributed by atoms with Crippen LogP contribution >= 0.6 is 24.0 Å². The number of aliphatic imine (C=N–C) groups is 1. The molecular formula is C23H34IN3O2. The largest absolute Gasteiger partial charge is 0.493 e. The third-order valence-corrected chi connectivity index (χ3v) is 7.35. The Hall–Kier alpha value is -1.02. The minimum Gasteiger partial charge on any atom is -0.493 e. The van der Waals surface area contributed by atoms with Crippen molar-refractivity contribution in [2.75, 3.05) is 26.3 Å². The lowest BCUT2D eigenvalue weighted by Crippen LogP contribution is -2.69. The summed E-state index contributed by atoms with van der Waals surface area (Å²) in [5.74, 6) is 2.70. The van der Waals surface area contributed by atoms with Crippen LogP contribution in [0.15, 0.2) is 23.2 Å². The summed E-state index contributed by atoms with van der Waals surface area (Å²) in [7, 11) is 0. The number of hydrogen-bond donors (Lipinski definition) is 2. The molecule has 2 N–H and O–H groups in total. The monoisotopic (exact) mass is 511 g/mol. The predicted octanol–water partition coefficient (Wildman–Crippen LogP) is 3.68. The third-order valence-electron chi connectivity index (χ3n) is 7.35. The van der Waals surface area contributed by atoms with Crippen molar-refractivity contribution in [2.45, 2.75) is 64.0 Å². The van der Waals surface area contributed by atoms with Gasteiger partial charge in [0.15, 0.2) is 5.96 Å². The molecule has 1 aromatic carbocycles. The highest BCUT2D eigenvalue weighted by Gasteiger charge is 2.65. The van der Waals surface area contributed by atoms with Crippen molar-refractivity contribution >= 4 is 29.9 Å². The van der Waals surface area contributed by atoms with Crippen molar-refractivity contribution in [1.29, 1.82) is 0 Å². The minimum atomic E-state index is 0. The average molecular weight is 511 g/mol. The van der Waals surface area contributed by atoms with Crippen LogP contribution in [0.5, 0.6) is 5.75 Å². The first-order valence-electron chi connectivity index (χ1n) is 11.2. The van der Waals surface area contributed by atoms with Gasteiger partial charge in [0.2, 0.25) is 0 Å². The molecule has 5 nitrogen and oxygen atoms in total. The number of guanidine groups is 1. The maximum Gasteiger partial charge on any atom is 0.191 e. The fourth-order valence-electron chi connectivity index (χ4n) is 6.06. The minimum absolute atomic E-state index is 0. The van der Waals surface area contributed by atoms with Gasteiger partial charge < -0.3 is 20.1 Å². The first-order chi connectivity index (χ1) is 13.8. The summed E-state index contributed by atoms with van der Waals surface area (Å²) in [6.07, 6.45) is 9.00. The maximum absolute atomic E-state index is 6.13. The number of ether oxygens (including phenoxy) is 2. The maximum atomic E-state index is 6.13. The van der Waals surface area contributed by atoms with E-state index in [1.165, 1.54) is 43.2 Å². The molecule has 3 fully saturated rings. The number of fused-ring (bicyclic) bond motifs is 3. The quantitative estimate of drug-likeness (QED) is 0.360. The second-order valence-electron chi connectivity index (χ2n) is 8.86. The van der Waals surface area contributed by atoms with Gasteiger partial charge in [-0.05, 0) is 49.8 Å². The summed E-state index contributed by atoms with van der Waals surface area (Å²) < 4.78 is 11.7. The van der Waals surface area contributed by atoms with E-state index in [1.807, 2.05) is 0 Å². The van der Waals surface area contributed by atoms with Gasteiger partial charge in [-0.3, -0.25) is 4.99 Å². The summed E-state index contributed by atoms with van der Waals surface area (Å²) in [4.78, 5) is 4.92. The SMILES string of the molecule is CCNC(=NCCc1ccc2c(c1)CCO2)NC1C2CCOC2C12CCCC2.I. The van der Waals surface area contributed by atoms with Crippen LogP contribution in [0.2, 0.25) is 0 Å². The molecule has 29 heavy (non-hydrogen) atoms. The van der Waals surface area contributed by atoms with E-state index < -0.39 is 0 Å². The van der Waals surface area contributed by atoms with Gasteiger partial charge in [0.1, 0.15) is 5.75 Å². The highest BCUT2D eigenvalue weighted by atomic mass is 127. The molecular weight excluding hydrogens is 477 g/mol. The van der Waals surface area contributed by atoms with Crippen LogP contribution in [0, 0.1) is 11.3 Å². The van der Waals surface area contributed by atoms with E-state index in [0.717, 1.165) is 50.9 Å². The van der Waals surface area contributed by atoms with Crippen LogP contribution in [0.4, 0.5) is 0 Å². The highest BCUT2D eigenvalue weighted by Crippen LogP contribution is 2.60. The van der Waals surface area contributed by atoms with Crippen molar-refractivity contribution in [3.8, 4) is 5.75 Å². The summed E-state index contributed by atoms with van der Waals surface area (Å²) in [6, 6.07) is 7.11. The molecule has 4 aliphatic rings. The molecule has 2 saturated carbocycles. The molecule has 3 atom stereocenters. The van der Waals surface area contributed by atoms with Crippen LogP contribution in [0.3, 0.4) is 0 Å².